The third kappa shape index (κ3) is 1.91. The Hall–Kier alpha value is -1.84. The summed E-state index contributed by atoms with van der Waals surface area (Å²) >= 11 is 0. The summed E-state index contributed by atoms with van der Waals surface area (Å²) in [6, 6.07) is 9.07. The molecule has 1 fully saturated rings. The van der Waals surface area contributed by atoms with Crippen LogP contribution in [0.3, 0.4) is 0 Å². The average molecular weight is 255 g/mol. The van der Waals surface area contributed by atoms with Gasteiger partial charge in [0.1, 0.15) is 0 Å². The maximum absolute atomic E-state index is 5.39. The molecule has 2 aromatic rings. The van der Waals surface area contributed by atoms with Crippen molar-refractivity contribution in [2.45, 2.75) is 44.7 Å². The molecular weight excluding hydrogens is 238 g/mol. The molecular formula is C15H17N3O. The minimum absolute atomic E-state index is 0.494. The van der Waals surface area contributed by atoms with Gasteiger partial charge in [-0.15, -0.1) is 0 Å². The fraction of sp³-hybridized carbons (Fsp3) is 0.467. The minimum atomic E-state index is 0.494. The number of benzene rings is 1. The predicted molar refractivity (Wildman–Crippen MR) is 72.1 cm³/mol. The van der Waals surface area contributed by atoms with Gasteiger partial charge in [-0.3, -0.25) is 0 Å². The topological polar surface area (TPSA) is 42.2 Å². The summed E-state index contributed by atoms with van der Waals surface area (Å²) in [4.78, 5) is 6.88. The van der Waals surface area contributed by atoms with E-state index in [4.69, 9.17) is 4.52 Å². The summed E-state index contributed by atoms with van der Waals surface area (Å²) < 4.78 is 5.39. The standard InChI is InChI=1S/C15H17N3O/c1-10-8-12-4-2-3-5-13(12)18(10)9-14-16-15(17-19-14)11-6-7-11/h2-5,10-11H,6-9H2,1H3. The lowest BCUT2D eigenvalue weighted by Crippen LogP contribution is -2.28. The van der Waals surface area contributed by atoms with E-state index in [-0.39, 0.29) is 0 Å². The second kappa shape index (κ2) is 4.08. The molecule has 0 saturated heterocycles. The third-order valence-electron chi connectivity index (χ3n) is 4.08. The van der Waals surface area contributed by atoms with E-state index in [1.807, 2.05) is 0 Å². The molecule has 0 spiro atoms. The molecule has 0 amide bonds. The van der Waals surface area contributed by atoms with Crippen LogP contribution in [0.5, 0.6) is 0 Å². The second-order valence-electron chi connectivity index (χ2n) is 5.63. The van der Waals surface area contributed by atoms with Crippen LogP contribution in [0.25, 0.3) is 0 Å². The largest absolute Gasteiger partial charge is 0.359 e. The zero-order valence-corrected chi connectivity index (χ0v) is 11.0. The number of hydrogen-bond acceptors (Lipinski definition) is 4. The Balaban J connectivity index is 1.58. The number of para-hydroxylation sites is 1. The monoisotopic (exact) mass is 255 g/mol. The number of rotatable bonds is 3. The first kappa shape index (κ1) is 11.0. The molecule has 1 aromatic heterocycles. The zero-order valence-electron chi connectivity index (χ0n) is 11.0. The van der Waals surface area contributed by atoms with Crippen molar-refractivity contribution in [1.82, 2.24) is 10.1 Å². The molecule has 1 atom stereocenters. The highest BCUT2D eigenvalue weighted by Gasteiger charge is 2.30. The van der Waals surface area contributed by atoms with Crippen LogP contribution in [0.2, 0.25) is 0 Å². The van der Waals surface area contributed by atoms with E-state index in [1.54, 1.807) is 0 Å². The van der Waals surface area contributed by atoms with Crippen molar-refractivity contribution >= 4 is 5.69 Å². The van der Waals surface area contributed by atoms with Crippen LogP contribution in [0.1, 0.15) is 43.0 Å². The molecule has 98 valence electrons. The van der Waals surface area contributed by atoms with Gasteiger partial charge in [0.25, 0.3) is 0 Å². The molecule has 0 bridgehead atoms. The lowest BCUT2D eigenvalue weighted by Gasteiger charge is -2.22. The highest BCUT2D eigenvalue weighted by Crippen LogP contribution is 2.38. The zero-order chi connectivity index (χ0) is 12.8. The molecule has 1 unspecified atom stereocenters. The molecule has 1 aliphatic heterocycles. The maximum Gasteiger partial charge on any atom is 0.246 e. The lowest BCUT2D eigenvalue weighted by molar-refractivity contribution is 0.368. The van der Waals surface area contributed by atoms with E-state index < -0.39 is 0 Å². The summed E-state index contributed by atoms with van der Waals surface area (Å²) in [6.45, 7) is 2.97. The quantitative estimate of drug-likeness (QED) is 0.845. The average Bonchev–Trinajstić information content (AvgIpc) is 3.09. The Labute approximate surface area is 112 Å². The van der Waals surface area contributed by atoms with Crippen LogP contribution in [-0.2, 0) is 13.0 Å². The van der Waals surface area contributed by atoms with Gasteiger partial charge in [0.05, 0.1) is 6.54 Å². The Bertz CT molecular complexity index is 603. The summed E-state index contributed by atoms with van der Waals surface area (Å²) in [5.74, 6) is 2.20. The molecule has 1 saturated carbocycles. The van der Waals surface area contributed by atoms with E-state index >= 15 is 0 Å². The van der Waals surface area contributed by atoms with Gasteiger partial charge in [0, 0.05) is 17.6 Å². The van der Waals surface area contributed by atoms with Crippen molar-refractivity contribution in [1.29, 1.82) is 0 Å². The van der Waals surface area contributed by atoms with Gasteiger partial charge >= 0.3 is 0 Å². The van der Waals surface area contributed by atoms with E-state index in [1.165, 1.54) is 24.1 Å². The van der Waals surface area contributed by atoms with Crippen molar-refractivity contribution in [2.75, 3.05) is 4.90 Å². The fourth-order valence-electron chi connectivity index (χ4n) is 2.86. The number of aromatic nitrogens is 2. The van der Waals surface area contributed by atoms with Gasteiger partial charge in [-0.25, -0.2) is 0 Å². The first-order chi connectivity index (χ1) is 9.31. The van der Waals surface area contributed by atoms with Gasteiger partial charge < -0.3 is 9.42 Å². The molecule has 4 rings (SSSR count). The Morgan fingerprint density at radius 1 is 1.32 bits per heavy atom. The van der Waals surface area contributed by atoms with Crippen LogP contribution in [0.4, 0.5) is 5.69 Å². The SMILES string of the molecule is CC1Cc2ccccc2N1Cc1nc(C2CC2)no1. The normalized spacial score (nSPS) is 21.7. The van der Waals surface area contributed by atoms with Gasteiger partial charge in [0.15, 0.2) is 5.82 Å². The molecule has 4 heteroatoms. The Morgan fingerprint density at radius 3 is 3.00 bits per heavy atom. The van der Waals surface area contributed by atoms with Crippen LogP contribution in [0, 0.1) is 0 Å². The van der Waals surface area contributed by atoms with E-state index in [9.17, 15) is 0 Å². The molecule has 0 radical (unpaired) electrons. The van der Waals surface area contributed by atoms with Crippen molar-refractivity contribution in [3.05, 3.63) is 41.5 Å². The van der Waals surface area contributed by atoms with Crippen molar-refractivity contribution in [3.63, 3.8) is 0 Å². The lowest BCUT2D eigenvalue weighted by atomic mass is 10.1. The molecule has 4 nitrogen and oxygen atoms in total. The Morgan fingerprint density at radius 2 is 2.16 bits per heavy atom. The van der Waals surface area contributed by atoms with Crippen LogP contribution < -0.4 is 4.90 Å². The molecule has 2 heterocycles. The van der Waals surface area contributed by atoms with E-state index in [0.29, 0.717) is 12.0 Å². The van der Waals surface area contributed by atoms with Gasteiger partial charge in [0.2, 0.25) is 5.89 Å². The van der Waals surface area contributed by atoms with Gasteiger partial charge in [-0.05, 0) is 37.8 Å². The fourth-order valence-corrected chi connectivity index (χ4v) is 2.86. The Kier molecular flexibility index (Phi) is 2.37. The second-order valence-corrected chi connectivity index (χ2v) is 5.63. The third-order valence-corrected chi connectivity index (χ3v) is 4.08. The summed E-state index contributed by atoms with van der Waals surface area (Å²) in [7, 11) is 0. The molecule has 1 aromatic carbocycles. The number of fused-ring (bicyclic) bond motifs is 1. The number of hydrogen-bond donors (Lipinski definition) is 0. The first-order valence-electron chi connectivity index (χ1n) is 6.98. The summed E-state index contributed by atoms with van der Waals surface area (Å²) in [5, 5.41) is 4.09. The highest BCUT2D eigenvalue weighted by atomic mass is 16.5. The smallest absolute Gasteiger partial charge is 0.246 e. The summed E-state index contributed by atoms with van der Waals surface area (Å²) in [6.07, 6.45) is 3.52. The number of anilines is 1. The molecule has 19 heavy (non-hydrogen) atoms. The van der Waals surface area contributed by atoms with Crippen LogP contribution in [-0.4, -0.2) is 16.2 Å². The number of nitrogens with zero attached hydrogens (tertiary/aromatic N) is 3. The van der Waals surface area contributed by atoms with Crippen molar-refractivity contribution in [3.8, 4) is 0 Å². The van der Waals surface area contributed by atoms with Crippen LogP contribution in [0.15, 0.2) is 28.8 Å². The van der Waals surface area contributed by atoms with E-state index in [0.717, 1.165) is 24.7 Å². The molecule has 2 aliphatic rings. The van der Waals surface area contributed by atoms with Gasteiger partial charge in [-0.2, -0.15) is 4.98 Å². The maximum atomic E-state index is 5.39. The molecule has 0 N–H and O–H groups in total. The highest BCUT2D eigenvalue weighted by molar-refractivity contribution is 5.59. The summed E-state index contributed by atoms with van der Waals surface area (Å²) in [5.41, 5.74) is 2.72. The van der Waals surface area contributed by atoms with Crippen molar-refractivity contribution < 1.29 is 4.52 Å². The van der Waals surface area contributed by atoms with E-state index in [2.05, 4.69) is 46.2 Å². The van der Waals surface area contributed by atoms with Crippen LogP contribution >= 0.6 is 0 Å². The first-order valence-corrected chi connectivity index (χ1v) is 6.98. The predicted octanol–water partition coefficient (Wildman–Crippen LogP) is 2.90. The molecule has 1 aliphatic carbocycles. The van der Waals surface area contributed by atoms with Gasteiger partial charge in [-0.1, -0.05) is 23.4 Å². The van der Waals surface area contributed by atoms with Crippen molar-refractivity contribution in [2.24, 2.45) is 0 Å². The minimum Gasteiger partial charge on any atom is -0.359 e.